The van der Waals surface area contributed by atoms with Crippen LogP contribution in [-0.2, 0) is 17.6 Å². The van der Waals surface area contributed by atoms with Crippen LogP contribution >= 0.6 is 0 Å². The maximum atomic E-state index is 11.7. The maximum Gasteiger partial charge on any atom is 0.220 e. The Morgan fingerprint density at radius 3 is 2.74 bits per heavy atom. The van der Waals surface area contributed by atoms with Crippen LogP contribution < -0.4 is 5.32 Å². The number of hydrogen-bond donors (Lipinski definition) is 2. The molecule has 19 heavy (non-hydrogen) atoms. The van der Waals surface area contributed by atoms with Gasteiger partial charge in [-0.15, -0.1) is 0 Å². The summed E-state index contributed by atoms with van der Waals surface area (Å²) < 4.78 is 0. The first-order valence-corrected chi connectivity index (χ1v) is 6.55. The highest BCUT2D eigenvalue weighted by Gasteiger charge is 2.02. The van der Waals surface area contributed by atoms with Crippen molar-refractivity contribution in [3.63, 3.8) is 0 Å². The SMILES string of the molecule is Cc1ncc(CCNC(=O)CCc2ccccc2)[nH]1. The molecule has 4 heteroatoms. The largest absolute Gasteiger partial charge is 0.356 e. The number of aromatic amines is 1. The number of imidazole rings is 1. The van der Waals surface area contributed by atoms with Crippen molar-refractivity contribution < 1.29 is 4.79 Å². The monoisotopic (exact) mass is 257 g/mol. The number of nitrogens with one attached hydrogen (secondary N) is 2. The Balaban J connectivity index is 1.65. The fourth-order valence-electron chi connectivity index (χ4n) is 1.93. The van der Waals surface area contributed by atoms with Gasteiger partial charge in [-0.25, -0.2) is 4.98 Å². The number of H-pyrrole nitrogens is 1. The van der Waals surface area contributed by atoms with E-state index in [0.29, 0.717) is 13.0 Å². The summed E-state index contributed by atoms with van der Waals surface area (Å²) in [6, 6.07) is 10.1. The first-order chi connectivity index (χ1) is 9.24. The molecule has 1 aromatic heterocycles. The Morgan fingerprint density at radius 1 is 1.26 bits per heavy atom. The third-order valence-corrected chi connectivity index (χ3v) is 2.96. The van der Waals surface area contributed by atoms with Gasteiger partial charge in [0, 0.05) is 31.3 Å². The van der Waals surface area contributed by atoms with Gasteiger partial charge >= 0.3 is 0 Å². The van der Waals surface area contributed by atoms with Crippen molar-refractivity contribution in [1.82, 2.24) is 15.3 Å². The molecular weight excluding hydrogens is 238 g/mol. The van der Waals surface area contributed by atoms with E-state index in [0.717, 1.165) is 24.4 Å². The van der Waals surface area contributed by atoms with Crippen molar-refractivity contribution >= 4 is 5.91 Å². The van der Waals surface area contributed by atoms with Crippen LogP contribution in [0.5, 0.6) is 0 Å². The minimum absolute atomic E-state index is 0.0973. The van der Waals surface area contributed by atoms with Crippen LogP contribution in [0.15, 0.2) is 36.5 Å². The summed E-state index contributed by atoms with van der Waals surface area (Å²) in [6.07, 6.45) is 3.92. The van der Waals surface area contributed by atoms with E-state index >= 15 is 0 Å². The minimum atomic E-state index is 0.0973. The third-order valence-electron chi connectivity index (χ3n) is 2.96. The molecule has 0 saturated heterocycles. The minimum Gasteiger partial charge on any atom is -0.356 e. The van der Waals surface area contributed by atoms with Crippen LogP contribution in [0.3, 0.4) is 0 Å². The molecule has 1 amide bonds. The molecule has 1 aromatic carbocycles. The molecule has 0 radical (unpaired) electrons. The summed E-state index contributed by atoms with van der Waals surface area (Å²) in [5, 5.41) is 2.92. The lowest BCUT2D eigenvalue weighted by atomic mass is 10.1. The molecule has 0 spiro atoms. The Hall–Kier alpha value is -2.10. The number of rotatable bonds is 6. The molecular formula is C15H19N3O. The van der Waals surface area contributed by atoms with Gasteiger partial charge in [-0.05, 0) is 18.9 Å². The van der Waals surface area contributed by atoms with Gasteiger partial charge in [-0.2, -0.15) is 0 Å². The van der Waals surface area contributed by atoms with Crippen molar-refractivity contribution in [3.8, 4) is 0 Å². The van der Waals surface area contributed by atoms with E-state index in [1.54, 1.807) is 0 Å². The molecule has 0 aliphatic rings. The van der Waals surface area contributed by atoms with Gasteiger partial charge in [0.15, 0.2) is 0 Å². The van der Waals surface area contributed by atoms with E-state index in [4.69, 9.17) is 0 Å². The molecule has 0 fully saturated rings. The molecule has 4 nitrogen and oxygen atoms in total. The van der Waals surface area contributed by atoms with Gasteiger partial charge in [-0.3, -0.25) is 4.79 Å². The zero-order valence-electron chi connectivity index (χ0n) is 11.1. The number of aromatic nitrogens is 2. The van der Waals surface area contributed by atoms with Crippen LogP contribution in [0.2, 0.25) is 0 Å². The molecule has 0 atom stereocenters. The molecule has 0 saturated carbocycles. The number of carbonyl (C=O) groups excluding carboxylic acids is 1. The van der Waals surface area contributed by atoms with E-state index in [9.17, 15) is 4.79 Å². The summed E-state index contributed by atoms with van der Waals surface area (Å²) in [4.78, 5) is 18.9. The van der Waals surface area contributed by atoms with E-state index in [-0.39, 0.29) is 5.91 Å². The molecule has 2 rings (SSSR count). The van der Waals surface area contributed by atoms with E-state index in [1.165, 1.54) is 5.56 Å². The number of benzene rings is 1. The van der Waals surface area contributed by atoms with Crippen LogP contribution in [0.25, 0.3) is 0 Å². The Labute approximate surface area is 113 Å². The number of amides is 1. The standard InChI is InChI=1S/C15H19N3O/c1-12-17-11-14(18-12)9-10-16-15(19)8-7-13-5-3-2-4-6-13/h2-6,11H,7-10H2,1H3,(H,16,19)(H,17,18). The van der Waals surface area contributed by atoms with E-state index in [2.05, 4.69) is 15.3 Å². The number of nitrogens with zero attached hydrogens (tertiary/aromatic N) is 1. The highest BCUT2D eigenvalue weighted by molar-refractivity contribution is 5.76. The zero-order valence-corrected chi connectivity index (χ0v) is 11.1. The number of aryl methyl sites for hydroxylation is 2. The van der Waals surface area contributed by atoms with Gasteiger partial charge in [0.05, 0.1) is 0 Å². The zero-order chi connectivity index (χ0) is 13.5. The molecule has 100 valence electrons. The molecule has 2 aromatic rings. The van der Waals surface area contributed by atoms with Crippen molar-refractivity contribution in [3.05, 3.63) is 53.6 Å². The lowest BCUT2D eigenvalue weighted by molar-refractivity contribution is -0.121. The average Bonchev–Trinajstić information content (AvgIpc) is 2.83. The molecule has 2 N–H and O–H groups in total. The smallest absolute Gasteiger partial charge is 0.220 e. The average molecular weight is 257 g/mol. The van der Waals surface area contributed by atoms with Gasteiger partial charge in [0.25, 0.3) is 0 Å². The Morgan fingerprint density at radius 2 is 2.05 bits per heavy atom. The number of carbonyl (C=O) groups is 1. The molecule has 0 aliphatic heterocycles. The summed E-state index contributed by atoms with van der Waals surface area (Å²) in [6.45, 7) is 2.57. The predicted octanol–water partition coefficient (Wildman–Crippen LogP) is 2.01. The van der Waals surface area contributed by atoms with Crippen molar-refractivity contribution in [1.29, 1.82) is 0 Å². The topological polar surface area (TPSA) is 57.8 Å². The Bertz CT molecular complexity index is 519. The normalized spacial score (nSPS) is 10.4. The van der Waals surface area contributed by atoms with Gasteiger partial charge in [-0.1, -0.05) is 30.3 Å². The predicted molar refractivity (Wildman–Crippen MR) is 74.8 cm³/mol. The summed E-state index contributed by atoms with van der Waals surface area (Å²) in [5.41, 5.74) is 2.25. The molecule has 0 aliphatic carbocycles. The second-order valence-corrected chi connectivity index (χ2v) is 4.58. The van der Waals surface area contributed by atoms with Crippen molar-refractivity contribution in [2.45, 2.75) is 26.2 Å². The van der Waals surface area contributed by atoms with E-state index in [1.807, 2.05) is 43.5 Å². The van der Waals surface area contributed by atoms with Crippen LogP contribution in [0.1, 0.15) is 23.5 Å². The lowest BCUT2D eigenvalue weighted by Gasteiger charge is -2.04. The quantitative estimate of drug-likeness (QED) is 0.831. The summed E-state index contributed by atoms with van der Waals surface area (Å²) >= 11 is 0. The number of hydrogen-bond acceptors (Lipinski definition) is 2. The first kappa shape index (κ1) is 13.3. The molecule has 0 bridgehead atoms. The maximum absolute atomic E-state index is 11.7. The first-order valence-electron chi connectivity index (χ1n) is 6.55. The van der Waals surface area contributed by atoms with Crippen molar-refractivity contribution in [2.24, 2.45) is 0 Å². The van der Waals surface area contributed by atoms with Gasteiger partial charge in [0.1, 0.15) is 5.82 Å². The highest BCUT2D eigenvalue weighted by atomic mass is 16.1. The van der Waals surface area contributed by atoms with Crippen LogP contribution in [-0.4, -0.2) is 22.4 Å². The summed E-state index contributed by atoms with van der Waals surface area (Å²) in [5.74, 6) is 1.01. The fourth-order valence-corrected chi connectivity index (χ4v) is 1.93. The van der Waals surface area contributed by atoms with Gasteiger partial charge < -0.3 is 10.3 Å². The third kappa shape index (κ3) is 4.58. The van der Waals surface area contributed by atoms with Gasteiger partial charge in [0.2, 0.25) is 5.91 Å². The van der Waals surface area contributed by atoms with Crippen LogP contribution in [0.4, 0.5) is 0 Å². The lowest BCUT2D eigenvalue weighted by Crippen LogP contribution is -2.25. The molecule has 1 heterocycles. The fraction of sp³-hybridized carbons (Fsp3) is 0.333. The van der Waals surface area contributed by atoms with Crippen molar-refractivity contribution in [2.75, 3.05) is 6.54 Å². The van der Waals surface area contributed by atoms with E-state index < -0.39 is 0 Å². The molecule has 0 unspecified atom stereocenters. The second kappa shape index (κ2) is 6.73. The highest BCUT2D eigenvalue weighted by Crippen LogP contribution is 2.02. The second-order valence-electron chi connectivity index (χ2n) is 4.58. The van der Waals surface area contributed by atoms with Crippen LogP contribution in [0, 0.1) is 6.92 Å². The summed E-state index contributed by atoms with van der Waals surface area (Å²) in [7, 11) is 0. The Kier molecular flexibility index (Phi) is 4.72.